The standard InChI is InChI=1S/C18H23FN4O2/c1-11(2)16-20-17(22-21-16)15-5-3-4-8-23(15)18(25)12-6-7-13(10-24)14(19)9-12/h6-7,9,11,15,24H,3-5,8,10H2,1-2H3,(H,20,21,22). The van der Waals surface area contributed by atoms with Crippen LogP contribution >= 0.6 is 0 Å². The minimum Gasteiger partial charge on any atom is -0.392 e. The lowest BCUT2D eigenvalue weighted by molar-refractivity contribution is 0.0599. The first-order chi connectivity index (χ1) is 12.0. The minimum atomic E-state index is -0.566. The van der Waals surface area contributed by atoms with E-state index in [-0.39, 0.29) is 35.6 Å². The first-order valence-electron chi connectivity index (χ1n) is 8.63. The molecule has 2 aromatic rings. The number of benzene rings is 1. The lowest BCUT2D eigenvalue weighted by atomic mass is 9.99. The lowest BCUT2D eigenvalue weighted by Gasteiger charge is -2.34. The number of nitrogens with one attached hydrogen (secondary N) is 1. The van der Waals surface area contributed by atoms with Crippen LogP contribution in [0.2, 0.25) is 0 Å². The molecule has 2 heterocycles. The van der Waals surface area contributed by atoms with Crippen LogP contribution < -0.4 is 0 Å². The van der Waals surface area contributed by atoms with Crippen molar-refractivity contribution in [3.63, 3.8) is 0 Å². The number of likely N-dealkylation sites (tertiary alicyclic amines) is 1. The van der Waals surface area contributed by atoms with Crippen LogP contribution in [0.15, 0.2) is 18.2 Å². The highest BCUT2D eigenvalue weighted by atomic mass is 19.1. The van der Waals surface area contributed by atoms with Crippen LogP contribution in [0.4, 0.5) is 4.39 Å². The molecular weight excluding hydrogens is 323 g/mol. The summed E-state index contributed by atoms with van der Waals surface area (Å²) < 4.78 is 13.9. The van der Waals surface area contributed by atoms with Crippen LogP contribution in [0, 0.1) is 5.82 Å². The third-order valence-corrected chi connectivity index (χ3v) is 4.59. The van der Waals surface area contributed by atoms with Gasteiger partial charge in [0.15, 0.2) is 5.82 Å². The lowest BCUT2D eigenvalue weighted by Crippen LogP contribution is -2.39. The van der Waals surface area contributed by atoms with Crippen molar-refractivity contribution in [2.24, 2.45) is 0 Å². The third kappa shape index (κ3) is 3.56. The largest absolute Gasteiger partial charge is 0.392 e. The number of amides is 1. The molecule has 134 valence electrons. The maximum absolute atomic E-state index is 13.9. The summed E-state index contributed by atoms with van der Waals surface area (Å²) in [5.41, 5.74) is 0.466. The molecular formula is C18H23FN4O2. The van der Waals surface area contributed by atoms with Crippen molar-refractivity contribution in [3.05, 3.63) is 46.8 Å². The first-order valence-corrected chi connectivity index (χ1v) is 8.63. The van der Waals surface area contributed by atoms with Gasteiger partial charge in [-0.1, -0.05) is 19.9 Å². The molecule has 0 aliphatic carbocycles. The molecule has 1 aromatic heterocycles. The molecule has 1 aromatic carbocycles. The van der Waals surface area contributed by atoms with Gasteiger partial charge in [-0.3, -0.25) is 9.89 Å². The monoisotopic (exact) mass is 346 g/mol. The van der Waals surface area contributed by atoms with Crippen molar-refractivity contribution >= 4 is 5.91 Å². The van der Waals surface area contributed by atoms with Gasteiger partial charge in [-0.15, -0.1) is 0 Å². The molecule has 1 atom stereocenters. The van der Waals surface area contributed by atoms with Crippen molar-refractivity contribution in [2.45, 2.75) is 51.7 Å². The van der Waals surface area contributed by atoms with Gasteiger partial charge in [-0.05, 0) is 31.4 Å². The number of hydrogen-bond donors (Lipinski definition) is 2. The Bertz CT molecular complexity index is 759. The van der Waals surface area contributed by atoms with Crippen LogP contribution in [-0.4, -0.2) is 37.6 Å². The number of aliphatic hydroxyl groups is 1. The number of halogens is 1. The van der Waals surface area contributed by atoms with E-state index in [2.05, 4.69) is 15.2 Å². The quantitative estimate of drug-likeness (QED) is 0.892. The normalized spacial score (nSPS) is 18.0. The molecule has 2 N–H and O–H groups in total. The number of nitrogens with zero attached hydrogens (tertiary/aromatic N) is 3. The molecule has 6 nitrogen and oxygen atoms in total. The van der Waals surface area contributed by atoms with Gasteiger partial charge in [0.2, 0.25) is 0 Å². The van der Waals surface area contributed by atoms with Crippen molar-refractivity contribution < 1.29 is 14.3 Å². The van der Waals surface area contributed by atoms with Gasteiger partial charge < -0.3 is 10.0 Å². The Morgan fingerprint density at radius 2 is 2.24 bits per heavy atom. The Morgan fingerprint density at radius 1 is 1.44 bits per heavy atom. The maximum atomic E-state index is 13.9. The Hall–Kier alpha value is -2.28. The predicted molar refractivity (Wildman–Crippen MR) is 90.4 cm³/mol. The number of aliphatic hydroxyl groups excluding tert-OH is 1. The average Bonchev–Trinajstić information content (AvgIpc) is 3.11. The van der Waals surface area contributed by atoms with Gasteiger partial charge >= 0.3 is 0 Å². The van der Waals surface area contributed by atoms with Gasteiger partial charge in [0.25, 0.3) is 5.91 Å². The minimum absolute atomic E-state index is 0.179. The molecule has 1 aliphatic heterocycles. The summed E-state index contributed by atoms with van der Waals surface area (Å²) in [7, 11) is 0. The number of H-pyrrole nitrogens is 1. The van der Waals surface area contributed by atoms with Crippen LogP contribution in [0.1, 0.15) is 72.6 Å². The molecule has 7 heteroatoms. The first kappa shape index (κ1) is 17.5. The van der Waals surface area contributed by atoms with E-state index in [0.717, 1.165) is 25.1 Å². The summed E-state index contributed by atoms with van der Waals surface area (Å²) in [5, 5.41) is 16.3. The summed E-state index contributed by atoms with van der Waals surface area (Å²) >= 11 is 0. The van der Waals surface area contributed by atoms with E-state index in [0.29, 0.717) is 12.4 Å². The smallest absolute Gasteiger partial charge is 0.254 e. The highest BCUT2D eigenvalue weighted by Gasteiger charge is 2.31. The number of hydrogen-bond acceptors (Lipinski definition) is 4. The highest BCUT2D eigenvalue weighted by molar-refractivity contribution is 5.94. The fourth-order valence-electron chi connectivity index (χ4n) is 3.13. The van der Waals surface area contributed by atoms with E-state index >= 15 is 0 Å². The summed E-state index contributed by atoms with van der Waals surface area (Å²) in [6, 6.07) is 4.02. The van der Waals surface area contributed by atoms with Crippen LogP contribution in [0.5, 0.6) is 0 Å². The van der Waals surface area contributed by atoms with E-state index in [9.17, 15) is 9.18 Å². The van der Waals surface area contributed by atoms with E-state index in [1.807, 2.05) is 13.8 Å². The molecule has 0 bridgehead atoms. The molecule has 0 spiro atoms. The Morgan fingerprint density at radius 3 is 2.88 bits per heavy atom. The molecule has 0 radical (unpaired) electrons. The summed E-state index contributed by atoms with van der Waals surface area (Å²) in [6.45, 7) is 4.25. The zero-order chi connectivity index (χ0) is 18.0. The molecule has 1 unspecified atom stereocenters. The molecule has 1 fully saturated rings. The number of rotatable bonds is 4. The van der Waals surface area contributed by atoms with Crippen molar-refractivity contribution in [1.29, 1.82) is 0 Å². The second-order valence-corrected chi connectivity index (χ2v) is 6.71. The van der Waals surface area contributed by atoms with Gasteiger partial charge in [0.05, 0.1) is 12.6 Å². The molecule has 1 amide bonds. The number of aromatic amines is 1. The molecule has 1 saturated heterocycles. The third-order valence-electron chi connectivity index (χ3n) is 4.59. The van der Waals surface area contributed by atoms with Gasteiger partial charge in [0, 0.05) is 23.6 Å². The number of carbonyl (C=O) groups excluding carboxylic acids is 1. The predicted octanol–water partition coefficient (Wildman–Crippen LogP) is 2.93. The highest BCUT2D eigenvalue weighted by Crippen LogP contribution is 2.31. The number of aromatic nitrogens is 3. The van der Waals surface area contributed by atoms with Gasteiger partial charge in [-0.25, -0.2) is 9.37 Å². The van der Waals surface area contributed by atoms with Gasteiger partial charge in [0.1, 0.15) is 11.6 Å². The fourth-order valence-corrected chi connectivity index (χ4v) is 3.13. The Labute approximate surface area is 146 Å². The van der Waals surface area contributed by atoms with Crippen molar-refractivity contribution in [2.75, 3.05) is 6.54 Å². The SMILES string of the molecule is CC(C)c1n[nH]c(C2CCCCN2C(=O)c2ccc(CO)c(F)c2)n1. The Balaban J connectivity index is 1.87. The van der Waals surface area contributed by atoms with Gasteiger partial charge in [-0.2, -0.15) is 5.10 Å². The molecule has 3 rings (SSSR count). The Kier molecular flexibility index (Phi) is 5.13. The second-order valence-electron chi connectivity index (χ2n) is 6.71. The molecule has 25 heavy (non-hydrogen) atoms. The summed E-state index contributed by atoms with van der Waals surface area (Å²) in [5.74, 6) is 0.827. The van der Waals surface area contributed by atoms with Crippen molar-refractivity contribution in [1.82, 2.24) is 20.1 Å². The average molecular weight is 346 g/mol. The van der Waals surface area contributed by atoms with E-state index < -0.39 is 5.82 Å². The van der Waals surface area contributed by atoms with Crippen molar-refractivity contribution in [3.8, 4) is 0 Å². The van der Waals surface area contributed by atoms with E-state index in [4.69, 9.17) is 5.11 Å². The molecule has 0 saturated carbocycles. The number of piperidine rings is 1. The van der Waals surface area contributed by atoms with Crippen LogP contribution in [-0.2, 0) is 6.61 Å². The maximum Gasteiger partial charge on any atom is 0.254 e. The fraction of sp³-hybridized carbons (Fsp3) is 0.500. The topological polar surface area (TPSA) is 82.1 Å². The second kappa shape index (κ2) is 7.31. The zero-order valence-corrected chi connectivity index (χ0v) is 14.5. The van der Waals surface area contributed by atoms with Crippen LogP contribution in [0.25, 0.3) is 0 Å². The zero-order valence-electron chi connectivity index (χ0n) is 14.5. The van der Waals surface area contributed by atoms with E-state index in [1.165, 1.54) is 12.1 Å². The molecule has 1 aliphatic rings. The summed E-state index contributed by atoms with van der Waals surface area (Å²) in [6.07, 6.45) is 2.71. The van der Waals surface area contributed by atoms with Crippen LogP contribution in [0.3, 0.4) is 0 Å². The number of carbonyl (C=O) groups is 1. The summed E-state index contributed by atoms with van der Waals surface area (Å²) in [4.78, 5) is 19.2. The van der Waals surface area contributed by atoms with E-state index in [1.54, 1.807) is 11.0 Å².